The van der Waals surface area contributed by atoms with Crippen LogP contribution in [0.15, 0.2) is 36.4 Å². The molecule has 0 aromatic heterocycles. The summed E-state index contributed by atoms with van der Waals surface area (Å²) < 4.78 is 18.8. The summed E-state index contributed by atoms with van der Waals surface area (Å²) in [5, 5.41) is 2.92. The molecule has 0 heterocycles. The second kappa shape index (κ2) is 10.7. The van der Waals surface area contributed by atoms with E-state index < -0.39 is 5.82 Å². The quantitative estimate of drug-likeness (QED) is 0.682. The van der Waals surface area contributed by atoms with Crippen molar-refractivity contribution in [2.45, 2.75) is 27.3 Å². The number of halogens is 1. The van der Waals surface area contributed by atoms with Gasteiger partial charge in [-0.25, -0.2) is 4.39 Å². The number of benzene rings is 2. The van der Waals surface area contributed by atoms with Gasteiger partial charge >= 0.3 is 0 Å². The molecule has 7 heteroatoms. The van der Waals surface area contributed by atoms with Crippen molar-refractivity contribution in [2.75, 3.05) is 39.1 Å². The van der Waals surface area contributed by atoms with Gasteiger partial charge in [0, 0.05) is 18.8 Å². The number of hydrogen-bond acceptors (Lipinski definition) is 4. The number of methoxy groups -OCH3 is 1. The molecule has 6 nitrogen and oxygen atoms in total. The highest BCUT2D eigenvalue weighted by Gasteiger charge is 2.17. The highest BCUT2D eigenvalue weighted by molar-refractivity contribution is 5.94. The number of nitrogens with one attached hydrogen (secondary N) is 1. The van der Waals surface area contributed by atoms with E-state index in [0.717, 1.165) is 16.8 Å². The maximum absolute atomic E-state index is 13.9. The number of para-hydroxylation sites is 1. The van der Waals surface area contributed by atoms with Gasteiger partial charge < -0.3 is 15.0 Å². The Kier molecular flexibility index (Phi) is 8.35. The Morgan fingerprint density at radius 1 is 1.10 bits per heavy atom. The van der Waals surface area contributed by atoms with Crippen LogP contribution in [0, 0.1) is 19.7 Å². The number of aryl methyl sites for hydroxylation is 2. The van der Waals surface area contributed by atoms with Gasteiger partial charge in [-0.15, -0.1) is 0 Å². The molecule has 0 bridgehead atoms. The van der Waals surface area contributed by atoms with Gasteiger partial charge in [-0.05, 0) is 56.6 Å². The lowest BCUT2D eigenvalue weighted by Crippen LogP contribution is -2.41. The van der Waals surface area contributed by atoms with E-state index in [4.69, 9.17) is 4.74 Å². The number of rotatable bonds is 9. The molecular weight excluding hydrogens is 385 g/mol. The summed E-state index contributed by atoms with van der Waals surface area (Å²) >= 11 is 0. The van der Waals surface area contributed by atoms with E-state index in [-0.39, 0.29) is 30.7 Å². The summed E-state index contributed by atoms with van der Waals surface area (Å²) in [5.74, 6) is -0.597. The minimum Gasteiger partial charge on any atom is -0.494 e. The van der Waals surface area contributed by atoms with Crippen molar-refractivity contribution in [3.8, 4) is 5.75 Å². The van der Waals surface area contributed by atoms with E-state index in [1.165, 1.54) is 13.2 Å². The minimum atomic E-state index is -0.459. The third kappa shape index (κ3) is 6.29. The third-order valence-electron chi connectivity index (χ3n) is 4.89. The van der Waals surface area contributed by atoms with Crippen LogP contribution < -0.4 is 10.1 Å². The first-order chi connectivity index (χ1) is 14.2. The first-order valence-electron chi connectivity index (χ1n) is 9.90. The second-order valence-corrected chi connectivity index (χ2v) is 7.36. The molecule has 0 aliphatic rings. The molecule has 0 aliphatic carbocycles. The van der Waals surface area contributed by atoms with E-state index in [1.54, 1.807) is 29.0 Å². The van der Waals surface area contributed by atoms with Crippen molar-refractivity contribution < 1.29 is 18.7 Å². The van der Waals surface area contributed by atoms with Gasteiger partial charge in [-0.3, -0.25) is 14.5 Å². The van der Waals surface area contributed by atoms with Crippen LogP contribution in [0.1, 0.15) is 23.6 Å². The maximum Gasteiger partial charge on any atom is 0.238 e. The number of nitrogens with zero attached hydrogens (tertiary/aromatic N) is 2. The molecule has 0 fully saturated rings. The van der Waals surface area contributed by atoms with Gasteiger partial charge in [0.05, 0.1) is 20.2 Å². The van der Waals surface area contributed by atoms with Crippen LogP contribution in [0.4, 0.5) is 10.1 Å². The largest absolute Gasteiger partial charge is 0.494 e. The molecule has 0 spiro atoms. The summed E-state index contributed by atoms with van der Waals surface area (Å²) in [6.07, 6.45) is 0. The zero-order valence-electron chi connectivity index (χ0n) is 18.3. The number of ether oxygens (including phenoxy) is 1. The molecule has 1 N–H and O–H groups in total. The molecule has 0 atom stereocenters. The van der Waals surface area contributed by atoms with Gasteiger partial charge in [0.2, 0.25) is 11.8 Å². The predicted octanol–water partition coefficient (Wildman–Crippen LogP) is 3.37. The second-order valence-electron chi connectivity index (χ2n) is 7.36. The zero-order chi connectivity index (χ0) is 22.3. The Morgan fingerprint density at radius 2 is 1.77 bits per heavy atom. The predicted molar refractivity (Wildman–Crippen MR) is 116 cm³/mol. The molecule has 0 saturated heterocycles. The van der Waals surface area contributed by atoms with Crippen molar-refractivity contribution in [3.05, 3.63) is 58.9 Å². The Bertz CT molecular complexity index is 881. The monoisotopic (exact) mass is 415 g/mol. The fourth-order valence-electron chi connectivity index (χ4n) is 3.23. The Balaban J connectivity index is 1.92. The summed E-state index contributed by atoms with van der Waals surface area (Å²) in [4.78, 5) is 28.4. The van der Waals surface area contributed by atoms with Crippen molar-refractivity contribution in [1.82, 2.24) is 9.80 Å². The van der Waals surface area contributed by atoms with E-state index in [1.807, 2.05) is 39.0 Å². The Hall–Kier alpha value is -2.93. The molecule has 2 amide bonds. The van der Waals surface area contributed by atoms with E-state index in [2.05, 4.69) is 5.32 Å². The number of carbonyl (C=O) groups excluding carboxylic acids is 2. The number of likely N-dealkylation sites (N-methyl/N-ethyl adjacent to an activating group) is 2. The van der Waals surface area contributed by atoms with Gasteiger partial charge in [0.25, 0.3) is 0 Å². The summed E-state index contributed by atoms with van der Waals surface area (Å²) in [5.41, 5.74) is 3.47. The Morgan fingerprint density at radius 3 is 2.33 bits per heavy atom. The molecule has 2 aromatic carbocycles. The van der Waals surface area contributed by atoms with Crippen LogP contribution in [-0.4, -0.2) is 55.4 Å². The van der Waals surface area contributed by atoms with Crippen molar-refractivity contribution >= 4 is 17.5 Å². The van der Waals surface area contributed by atoms with Crippen LogP contribution >= 0.6 is 0 Å². The van der Waals surface area contributed by atoms with E-state index in [9.17, 15) is 14.0 Å². The molecule has 2 rings (SSSR count). The number of hydrogen-bond donors (Lipinski definition) is 1. The van der Waals surface area contributed by atoms with Gasteiger partial charge in [0.1, 0.15) is 0 Å². The molecule has 0 saturated carbocycles. The summed E-state index contributed by atoms with van der Waals surface area (Å²) in [7, 11) is 3.13. The van der Waals surface area contributed by atoms with Gasteiger partial charge in [0.15, 0.2) is 11.6 Å². The molecule has 2 aromatic rings. The van der Waals surface area contributed by atoms with Crippen LogP contribution in [0.3, 0.4) is 0 Å². The number of carbonyl (C=O) groups is 2. The van der Waals surface area contributed by atoms with Crippen LogP contribution in [0.25, 0.3) is 0 Å². The Labute approximate surface area is 177 Å². The zero-order valence-corrected chi connectivity index (χ0v) is 18.3. The van der Waals surface area contributed by atoms with Crippen molar-refractivity contribution in [3.63, 3.8) is 0 Å². The number of anilines is 1. The fraction of sp³-hybridized carbons (Fsp3) is 0.391. The maximum atomic E-state index is 13.9. The molecule has 0 aliphatic heterocycles. The number of amides is 2. The van der Waals surface area contributed by atoms with E-state index in [0.29, 0.717) is 18.7 Å². The van der Waals surface area contributed by atoms with Crippen molar-refractivity contribution in [2.24, 2.45) is 0 Å². The molecule has 0 radical (unpaired) electrons. The molecule has 30 heavy (non-hydrogen) atoms. The molecule has 0 unspecified atom stereocenters. The smallest absolute Gasteiger partial charge is 0.238 e. The average molecular weight is 416 g/mol. The topological polar surface area (TPSA) is 61.9 Å². The van der Waals surface area contributed by atoms with Crippen molar-refractivity contribution in [1.29, 1.82) is 0 Å². The standard InChI is InChI=1S/C23H30FN3O3/c1-6-27(13-18-10-11-20(30-5)19(24)12-18)22(29)15-26(4)14-21(28)25-23-16(2)8-7-9-17(23)3/h7-12H,6,13-15H2,1-5H3,(H,25,28). The van der Waals surface area contributed by atoms with Gasteiger partial charge in [-0.1, -0.05) is 24.3 Å². The fourth-order valence-corrected chi connectivity index (χ4v) is 3.23. The average Bonchev–Trinajstić information content (AvgIpc) is 2.69. The summed E-state index contributed by atoms with van der Waals surface area (Å²) in [6.45, 7) is 6.70. The summed E-state index contributed by atoms with van der Waals surface area (Å²) in [6, 6.07) is 10.5. The molecule has 162 valence electrons. The third-order valence-corrected chi connectivity index (χ3v) is 4.89. The highest BCUT2D eigenvalue weighted by Crippen LogP contribution is 2.20. The lowest BCUT2D eigenvalue weighted by Gasteiger charge is -2.24. The van der Waals surface area contributed by atoms with Crippen LogP contribution in [0.2, 0.25) is 0 Å². The van der Waals surface area contributed by atoms with Crippen LogP contribution in [-0.2, 0) is 16.1 Å². The van der Waals surface area contributed by atoms with E-state index >= 15 is 0 Å². The minimum absolute atomic E-state index is 0.0899. The highest BCUT2D eigenvalue weighted by atomic mass is 19.1. The van der Waals surface area contributed by atoms with Gasteiger partial charge in [-0.2, -0.15) is 0 Å². The first-order valence-corrected chi connectivity index (χ1v) is 9.90. The SMILES string of the molecule is CCN(Cc1ccc(OC)c(F)c1)C(=O)CN(C)CC(=O)Nc1c(C)cccc1C. The normalized spacial score (nSPS) is 10.8. The first kappa shape index (κ1) is 23.3. The lowest BCUT2D eigenvalue weighted by atomic mass is 10.1. The van der Waals surface area contributed by atoms with Crippen LogP contribution in [0.5, 0.6) is 5.75 Å². The lowest BCUT2D eigenvalue weighted by molar-refractivity contribution is -0.132. The molecular formula is C23H30FN3O3.